The second kappa shape index (κ2) is 3.05. The van der Waals surface area contributed by atoms with Crippen LogP contribution in [0.5, 0.6) is 0 Å². The molecule has 0 radical (unpaired) electrons. The summed E-state index contributed by atoms with van der Waals surface area (Å²) < 4.78 is 0. The largest absolute Gasteiger partial charge is 0.396 e. The fourth-order valence-corrected chi connectivity index (χ4v) is 2.42. The maximum Gasteiger partial charge on any atom is 0.223 e. The van der Waals surface area contributed by atoms with Gasteiger partial charge < -0.3 is 10.0 Å². The number of piperidine rings is 1. The first-order valence-corrected chi connectivity index (χ1v) is 4.73. The summed E-state index contributed by atoms with van der Waals surface area (Å²) in [4.78, 5) is 13.4. The number of hydrogen-bond donors (Lipinski definition) is 1. The average molecular weight is 169 g/mol. The molecule has 2 fully saturated rings. The van der Waals surface area contributed by atoms with Gasteiger partial charge in [0.05, 0.1) is 0 Å². The van der Waals surface area contributed by atoms with Gasteiger partial charge in [0.2, 0.25) is 5.91 Å². The molecule has 0 spiro atoms. The van der Waals surface area contributed by atoms with Crippen LogP contribution in [0, 0.1) is 5.92 Å². The molecular weight excluding hydrogens is 154 g/mol. The average Bonchev–Trinajstić information content (AvgIpc) is 2.44. The fraction of sp³-hybridized carbons (Fsp3) is 0.889. The van der Waals surface area contributed by atoms with E-state index >= 15 is 0 Å². The first-order chi connectivity index (χ1) is 5.83. The molecular formula is C9H15NO2. The van der Waals surface area contributed by atoms with Crippen LogP contribution >= 0.6 is 0 Å². The zero-order chi connectivity index (χ0) is 8.55. The number of carbonyl (C=O) groups is 1. The quantitative estimate of drug-likeness (QED) is 0.616. The van der Waals surface area contributed by atoms with Crippen LogP contribution < -0.4 is 0 Å². The van der Waals surface area contributed by atoms with Crippen molar-refractivity contribution in [1.82, 2.24) is 4.90 Å². The molecule has 0 aromatic rings. The number of fused-ring (bicyclic) bond motifs is 1. The van der Waals surface area contributed by atoms with Gasteiger partial charge in [-0.15, -0.1) is 0 Å². The molecule has 2 heterocycles. The molecule has 0 aromatic heterocycles. The number of carbonyl (C=O) groups excluding carboxylic acids is 1. The lowest BCUT2D eigenvalue weighted by Crippen LogP contribution is -2.39. The van der Waals surface area contributed by atoms with E-state index in [9.17, 15) is 4.79 Å². The highest BCUT2D eigenvalue weighted by Gasteiger charge is 2.39. The van der Waals surface area contributed by atoms with E-state index in [0.29, 0.717) is 12.5 Å². The van der Waals surface area contributed by atoms with Crippen molar-refractivity contribution < 1.29 is 9.90 Å². The zero-order valence-corrected chi connectivity index (χ0v) is 7.20. The zero-order valence-electron chi connectivity index (χ0n) is 7.20. The normalized spacial score (nSPS) is 35.4. The number of aliphatic hydroxyl groups is 1. The topological polar surface area (TPSA) is 40.5 Å². The van der Waals surface area contributed by atoms with E-state index in [1.54, 1.807) is 0 Å². The summed E-state index contributed by atoms with van der Waals surface area (Å²) in [5.74, 6) is 0.469. The SMILES string of the molecule is O=C1C[C@H](CO)[C@@H]2CCCCN12. The van der Waals surface area contributed by atoms with Crippen molar-refractivity contribution in [2.24, 2.45) is 5.92 Å². The van der Waals surface area contributed by atoms with Gasteiger partial charge in [-0.2, -0.15) is 0 Å². The Hall–Kier alpha value is -0.570. The predicted molar refractivity (Wildman–Crippen MR) is 44.5 cm³/mol. The van der Waals surface area contributed by atoms with Crippen molar-refractivity contribution in [3.63, 3.8) is 0 Å². The van der Waals surface area contributed by atoms with E-state index in [2.05, 4.69) is 0 Å². The van der Waals surface area contributed by atoms with Gasteiger partial charge in [-0.3, -0.25) is 4.79 Å². The van der Waals surface area contributed by atoms with E-state index in [1.165, 1.54) is 6.42 Å². The van der Waals surface area contributed by atoms with E-state index < -0.39 is 0 Å². The second-order valence-corrected chi connectivity index (χ2v) is 3.80. The first kappa shape index (κ1) is 8.05. The van der Waals surface area contributed by atoms with Crippen LogP contribution in [0.15, 0.2) is 0 Å². The number of hydrogen-bond acceptors (Lipinski definition) is 2. The molecule has 0 unspecified atom stereocenters. The third-order valence-electron chi connectivity index (χ3n) is 3.09. The number of amides is 1. The minimum Gasteiger partial charge on any atom is -0.396 e. The van der Waals surface area contributed by atoms with E-state index in [0.717, 1.165) is 19.4 Å². The third-order valence-corrected chi connectivity index (χ3v) is 3.09. The summed E-state index contributed by atoms with van der Waals surface area (Å²) >= 11 is 0. The molecule has 1 N–H and O–H groups in total. The lowest BCUT2D eigenvalue weighted by atomic mass is 9.94. The van der Waals surface area contributed by atoms with Gasteiger partial charge in [0.15, 0.2) is 0 Å². The highest BCUT2D eigenvalue weighted by atomic mass is 16.3. The highest BCUT2D eigenvalue weighted by Crippen LogP contribution is 2.32. The number of nitrogens with zero attached hydrogens (tertiary/aromatic N) is 1. The summed E-state index contributed by atoms with van der Waals surface area (Å²) in [6, 6.07) is 0.358. The van der Waals surface area contributed by atoms with Crippen LogP contribution in [0.2, 0.25) is 0 Å². The molecule has 1 amide bonds. The summed E-state index contributed by atoms with van der Waals surface area (Å²) in [6.45, 7) is 1.09. The summed E-state index contributed by atoms with van der Waals surface area (Å²) in [5.41, 5.74) is 0. The fourth-order valence-electron chi connectivity index (χ4n) is 2.42. The van der Waals surface area contributed by atoms with Crippen LogP contribution in [0.25, 0.3) is 0 Å². The van der Waals surface area contributed by atoms with E-state index in [4.69, 9.17) is 5.11 Å². The van der Waals surface area contributed by atoms with Gasteiger partial charge in [0.1, 0.15) is 0 Å². The minimum atomic E-state index is 0.174. The van der Waals surface area contributed by atoms with Crippen molar-refractivity contribution in [3.8, 4) is 0 Å². The third kappa shape index (κ3) is 1.12. The van der Waals surface area contributed by atoms with Crippen LogP contribution in [0.4, 0.5) is 0 Å². The van der Waals surface area contributed by atoms with Gasteiger partial charge in [0, 0.05) is 31.5 Å². The molecule has 2 saturated heterocycles. The lowest BCUT2D eigenvalue weighted by molar-refractivity contribution is -0.129. The van der Waals surface area contributed by atoms with E-state index in [1.807, 2.05) is 4.90 Å². The summed E-state index contributed by atoms with van der Waals surface area (Å²) in [5, 5.41) is 9.04. The summed E-state index contributed by atoms with van der Waals surface area (Å²) in [7, 11) is 0. The van der Waals surface area contributed by atoms with Crippen molar-refractivity contribution in [2.45, 2.75) is 31.7 Å². The van der Waals surface area contributed by atoms with Gasteiger partial charge in [0.25, 0.3) is 0 Å². The van der Waals surface area contributed by atoms with Crippen LogP contribution in [0.3, 0.4) is 0 Å². The van der Waals surface area contributed by atoms with Crippen molar-refractivity contribution in [1.29, 1.82) is 0 Å². The van der Waals surface area contributed by atoms with Gasteiger partial charge in [-0.1, -0.05) is 0 Å². The Morgan fingerprint density at radius 2 is 2.33 bits per heavy atom. The number of aliphatic hydroxyl groups excluding tert-OH is 1. The summed E-state index contributed by atoms with van der Waals surface area (Å²) in [6.07, 6.45) is 4.02. The predicted octanol–water partition coefficient (Wildman–Crippen LogP) is 0.380. The Kier molecular flexibility index (Phi) is 2.05. The highest BCUT2D eigenvalue weighted by molar-refractivity contribution is 5.79. The Labute approximate surface area is 72.4 Å². The molecule has 0 aliphatic carbocycles. The molecule has 3 heteroatoms. The molecule has 2 atom stereocenters. The lowest BCUT2D eigenvalue weighted by Gasteiger charge is -2.31. The van der Waals surface area contributed by atoms with E-state index in [-0.39, 0.29) is 18.4 Å². The molecule has 2 aliphatic heterocycles. The molecule has 12 heavy (non-hydrogen) atoms. The van der Waals surface area contributed by atoms with Crippen LogP contribution in [0.1, 0.15) is 25.7 Å². The van der Waals surface area contributed by atoms with Crippen LogP contribution in [-0.4, -0.2) is 35.1 Å². The van der Waals surface area contributed by atoms with Crippen molar-refractivity contribution in [2.75, 3.05) is 13.2 Å². The molecule has 0 aromatic carbocycles. The van der Waals surface area contributed by atoms with Gasteiger partial charge in [-0.25, -0.2) is 0 Å². The van der Waals surface area contributed by atoms with Crippen molar-refractivity contribution in [3.05, 3.63) is 0 Å². The molecule has 2 aliphatic rings. The van der Waals surface area contributed by atoms with Crippen molar-refractivity contribution >= 4 is 5.91 Å². The Bertz CT molecular complexity index is 193. The standard InChI is InChI=1S/C9H15NO2/c11-6-7-5-9(12)10-4-2-1-3-8(7)10/h7-8,11H,1-6H2/t7-,8+/m1/s1. The maximum absolute atomic E-state index is 11.4. The monoisotopic (exact) mass is 169 g/mol. The molecule has 3 nitrogen and oxygen atoms in total. The number of rotatable bonds is 1. The Balaban J connectivity index is 2.10. The first-order valence-electron chi connectivity index (χ1n) is 4.73. The molecule has 0 saturated carbocycles. The van der Waals surface area contributed by atoms with Gasteiger partial charge in [-0.05, 0) is 19.3 Å². The Morgan fingerprint density at radius 1 is 1.50 bits per heavy atom. The molecule has 2 rings (SSSR count). The molecule has 68 valence electrons. The van der Waals surface area contributed by atoms with Gasteiger partial charge >= 0.3 is 0 Å². The maximum atomic E-state index is 11.4. The van der Waals surface area contributed by atoms with Crippen LogP contribution in [-0.2, 0) is 4.79 Å². The second-order valence-electron chi connectivity index (χ2n) is 3.80. The smallest absolute Gasteiger partial charge is 0.223 e. The molecule has 0 bridgehead atoms. The Morgan fingerprint density at radius 3 is 3.08 bits per heavy atom. The minimum absolute atomic E-state index is 0.174.